The van der Waals surface area contributed by atoms with Gasteiger partial charge >= 0.3 is 6.09 Å². The van der Waals surface area contributed by atoms with Gasteiger partial charge in [-0.15, -0.1) is 0 Å². The summed E-state index contributed by atoms with van der Waals surface area (Å²) in [5.74, 6) is -0.975. The van der Waals surface area contributed by atoms with Crippen LogP contribution in [0.25, 0.3) is 0 Å². The Morgan fingerprint density at radius 1 is 1.07 bits per heavy atom. The van der Waals surface area contributed by atoms with E-state index in [0.29, 0.717) is 18.4 Å². The Morgan fingerprint density at radius 3 is 2.60 bits per heavy atom. The maximum Gasteiger partial charge on any atom is 0.405 e. The fraction of sp³-hybridized carbons (Fsp3) is 0.391. The van der Waals surface area contributed by atoms with Crippen LogP contribution in [-0.4, -0.2) is 41.6 Å². The van der Waals surface area contributed by atoms with E-state index < -0.39 is 18.1 Å². The van der Waals surface area contributed by atoms with Gasteiger partial charge in [0, 0.05) is 31.2 Å². The van der Waals surface area contributed by atoms with E-state index in [2.05, 4.69) is 0 Å². The molecule has 0 spiro atoms. The molecule has 2 bridgehead atoms. The fourth-order valence-corrected chi connectivity index (χ4v) is 3.23. The molecule has 0 aromatic carbocycles. The molecule has 7 nitrogen and oxygen atoms in total. The number of hydrogen-bond donors (Lipinski definition) is 1. The van der Waals surface area contributed by atoms with Gasteiger partial charge < -0.3 is 15.4 Å². The van der Waals surface area contributed by atoms with Crippen LogP contribution in [0.5, 0.6) is 0 Å². The number of rotatable bonds is 1. The van der Waals surface area contributed by atoms with Crippen LogP contribution in [0.1, 0.15) is 44.9 Å². The van der Waals surface area contributed by atoms with Crippen LogP contribution in [-0.2, 0) is 19.1 Å². The Morgan fingerprint density at radius 2 is 1.83 bits per heavy atom. The largest absolute Gasteiger partial charge is 0.442 e. The summed E-state index contributed by atoms with van der Waals surface area (Å²) < 4.78 is 5.07. The molecule has 160 valence electrons. The minimum absolute atomic E-state index is 0.0909. The number of fused-ring (bicyclic) bond motifs is 2. The predicted octanol–water partition coefficient (Wildman–Crippen LogP) is 3.28. The van der Waals surface area contributed by atoms with E-state index in [-0.39, 0.29) is 17.3 Å². The molecule has 2 aliphatic rings. The van der Waals surface area contributed by atoms with Crippen LogP contribution in [0.3, 0.4) is 0 Å². The molecular formula is C23H28N2O5. The number of allylic oxidation sites excluding steroid dienone is 6. The van der Waals surface area contributed by atoms with Crippen molar-refractivity contribution in [3.05, 3.63) is 59.9 Å². The number of likely N-dealkylation sites (N-methyl/N-ethyl adjacent to an activating group) is 1. The Balaban J connectivity index is 2.16. The summed E-state index contributed by atoms with van der Waals surface area (Å²) in [6.45, 7) is 0. The van der Waals surface area contributed by atoms with Crippen molar-refractivity contribution >= 4 is 23.6 Å². The molecular weight excluding hydrogens is 384 g/mol. The lowest BCUT2D eigenvalue weighted by Crippen LogP contribution is -2.31. The minimum Gasteiger partial charge on any atom is -0.442 e. The van der Waals surface area contributed by atoms with Gasteiger partial charge in [0.25, 0.3) is 5.91 Å². The highest BCUT2D eigenvalue weighted by Gasteiger charge is 2.26. The molecule has 1 unspecified atom stereocenters. The van der Waals surface area contributed by atoms with E-state index in [4.69, 9.17) is 10.5 Å². The highest BCUT2D eigenvalue weighted by Crippen LogP contribution is 2.21. The molecule has 30 heavy (non-hydrogen) atoms. The van der Waals surface area contributed by atoms with Crippen molar-refractivity contribution in [1.29, 1.82) is 0 Å². The van der Waals surface area contributed by atoms with Gasteiger partial charge in [-0.2, -0.15) is 0 Å². The maximum absolute atomic E-state index is 12.7. The minimum atomic E-state index is -0.836. The van der Waals surface area contributed by atoms with Gasteiger partial charge in [-0.05, 0) is 37.8 Å². The summed E-state index contributed by atoms with van der Waals surface area (Å²) in [4.78, 5) is 49.4. The summed E-state index contributed by atoms with van der Waals surface area (Å²) in [5.41, 5.74) is 5.66. The highest BCUT2D eigenvalue weighted by atomic mass is 16.6. The van der Waals surface area contributed by atoms with Gasteiger partial charge in [0.2, 0.25) is 5.78 Å². The van der Waals surface area contributed by atoms with Crippen LogP contribution in [0.4, 0.5) is 4.79 Å². The molecule has 0 saturated carbocycles. The molecule has 0 aromatic heterocycles. The van der Waals surface area contributed by atoms with Crippen LogP contribution < -0.4 is 5.73 Å². The Kier molecular flexibility index (Phi) is 9.00. The van der Waals surface area contributed by atoms with Gasteiger partial charge in [0.15, 0.2) is 5.78 Å². The van der Waals surface area contributed by atoms with E-state index in [9.17, 15) is 19.2 Å². The first kappa shape index (κ1) is 23.1. The standard InChI is InChI=1S/C23H28N2O5/c1-25-20-16-18(26)15-17(22(20)28)11-7-4-2-3-5-8-12-19(30-23(24)29)13-9-6-10-14-21(25)27/h6,8-10,12,14-16,19H,2-5,7,11,13H2,1H3,(H2,24,29)/b9-6-,12-8-,14-10-. The van der Waals surface area contributed by atoms with Crippen molar-refractivity contribution in [3.8, 4) is 0 Å². The van der Waals surface area contributed by atoms with Gasteiger partial charge in [0.05, 0.1) is 5.70 Å². The van der Waals surface area contributed by atoms with E-state index >= 15 is 0 Å². The third-order valence-corrected chi connectivity index (χ3v) is 4.85. The fourth-order valence-electron chi connectivity index (χ4n) is 3.23. The first-order valence-electron chi connectivity index (χ1n) is 10.1. The number of nitrogens with zero attached hydrogens (tertiary/aromatic N) is 1. The number of amides is 2. The number of carbonyl (C=O) groups is 4. The van der Waals surface area contributed by atoms with Crippen LogP contribution in [0.15, 0.2) is 59.9 Å². The number of nitrogens with two attached hydrogens (primary N) is 1. The molecule has 1 atom stereocenters. The summed E-state index contributed by atoms with van der Waals surface area (Å²) in [6.07, 6.45) is 16.7. The van der Waals surface area contributed by atoms with E-state index in [1.165, 1.54) is 36.3 Å². The number of carbonyl (C=O) groups excluding carboxylic acids is 4. The predicted molar refractivity (Wildman–Crippen MR) is 113 cm³/mol. The molecule has 1 heterocycles. The van der Waals surface area contributed by atoms with E-state index in [1.807, 2.05) is 12.2 Å². The molecule has 7 heteroatoms. The lowest BCUT2D eigenvalue weighted by Gasteiger charge is -2.21. The van der Waals surface area contributed by atoms with Crippen molar-refractivity contribution in [3.63, 3.8) is 0 Å². The zero-order chi connectivity index (χ0) is 21.9. The van der Waals surface area contributed by atoms with Crippen LogP contribution in [0.2, 0.25) is 0 Å². The van der Waals surface area contributed by atoms with Gasteiger partial charge in [-0.3, -0.25) is 14.4 Å². The van der Waals surface area contributed by atoms with Crippen molar-refractivity contribution in [1.82, 2.24) is 4.90 Å². The molecule has 0 aromatic rings. The normalized spacial score (nSPS) is 25.2. The number of Topliss-reactive ketones (excluding diaryl/α,β-unsaturated/α-hetero) is 1. The van der Waals surface area contributed by atoms with Gasteiger partial charge in [-0.25, -0.2) is 4.79 Å². The third-order valence-electron chi connectivity index (χ3n) is 4.85. The summed E-state index contributed by atoms with van der Waals surface area (Å²) >= 11 is 0. The first-order chi connectivity index (χ1) is 14.4. The lowest BCUT2D eigenvalue weighted by molar-refractivity contribution is -0.126. The molecule has 1 aliphatic heterocycles. The summed E-state index contributed by atoms with van der Waals surface area (Å²) in [6, 6.07) is 0. The molecule has 2 rings (SSSR count). The molecule has 2 amide bonds. The average Bonchev–Trinajstić information content (AvgIpc) is 2.69. The van der Waals surface area contributed by atoms with Crippen molar-refractivity contribution in [2.45, 2.75) is 51.0 Å². The molecule has 2 N–H and O–H groups in total. The van der Waals surface area contributed by atoms with Gasteiger partial charge in [-0.1, -0.05) is 37.1 Å². The third kappa shape index (κ3) is 7.31. The second-order valence-corrected chi connectivity index (χ2v) is 7.21. The lowest BCUT2D eigenvalue weighted by atomic mass is 9.94. The van der Waals surface area contributed by atoms with Gasteiger partial charge in [0.1, 0.15) is 6.10 Å². The SMILES string of the molecule is CN1C(=O)/C=C\C=C/CC(OC(N)=O)/C=C\CCCCCCC2=CC(=O)C=C1C2=O. The Hall–Kier alpha value is -3.22. The topological polar surface area (TPSA) is 107 Å². The van der Waals surface area contributed by atoms with E-state index in [0.717, 1.165) is 32.1 Å². The second kappa shape index (κ2) is 11.7. The smallest absolute Gasteiger partial charge is 0.405 e. The summed E-state index contributed by atoms with van der Waals surface area (Å²) in [7, 11) is 1.47. The Bertz CT molecular complexity index is 833. The summed E-state index contributed by atoms with van der Waals surface area (Å²) in [5, 5.41) is 0. The highest BCUT2D eigenvalue weighted by molar-refractivity contribution is 6.21. The van der Waals surface area contributed by atoms with Crippen molar-refractivity contribution in [2.75, 3.05) is 7.05 Å². The molecule has 1 aliphatic carbocycles. The number of ketones is 2. The van der Waals surface area contributed by atoms with Crippen LogP contribution >= 0.6 is 0 Å². The molecule has 0 saturated heterocycles. The number of hydrogen-bond acceptors (Lipinski definition) is 5. The molecule has 0 radical (unpaired) electrons. The van der Waals surface area contributed by atoms with E-state index in [1.54, 1.807) is 12.2 Å². The van der Waals surface area contributed by atoms with Crippen molar-refractivity contribution in [2.24, 2.45) is 5.73 Å². The quantitative estimate of drug-likeness (QED) is 0.525. The number of primary amides is 1. The zero-order valence-corrected chi connectivity index (χ0v) is 17.2. The first-order valence-corrected chi connectivity index (χ1v) is 10.1. The zero-order valence-electron chi connectivity index (χ0n) is 17.2. The van der Waals surface area contributed by atoms with Crippen LogP contribution in [0, 0.1) is 0 Å². The maximum atomic E-state index is 12.7. The Labute approximate surface area is 176 Å². The second-order valence-electron chi connectivity index (χ2n) is 7.21. The number of ether oxygens (including phenoxy) is 1. The van der Waals surface area contributed by atoms with Crippen molar-refractivity contribution < 1.29 is 23.9 Å². The molecule has 0 fully saturated rings. The average molecular weight is 412 g/mol. The monoisotopic (exact) mass is 412 g/mol.